The molecule has 1 heterocycles. The lowest BCUT2D eigenvalue weighted by Gasteiger charge is -2.06. The fourth-order valence-electron chi connectivity index (χ4n) is 3.58. The maximum Gasteiger partial charge on any atom is 0.338 e. The molecule has 0 saturated heterocycles. The summed E-state index contributed by atoms with van der Waals surface area (Å²) in [6.45, 7) is 3.87. The molecule has 0 fully saturated rings. The Hall–Kier alpha value is -4.04. The third-order valence-corrected chi connectivity index (χ3v) is 6.26. The Labute approximate surface area is 206 Å². The molecule has 35 heavy (non-hydrogen) atoms. The van der Waals surface area contributed by atoms with E-state index in [0.717, 1.165) is 11.1 Å². The molecule has 1 aromatic heterocycles. The number of carbonyl (C=O) groups is 3. The molecule has 0 N–H and O–H groups in total. The number of ether oxygens (including phenoxy) is 2. The van der Waals surface area contributed by atoms with Crippen molar-refractivity contribution in [3.8, 4) is 11.1 Å². The molecule has 7 nitrogen and oxygen atoms in total. The topological polar surface area (TPSA) is 87.0 Å². The van der Waals surface area contributed by atoms with E-state index in [-0.39, 0.29) is 19.8 Å². The van der Waals surface area contributed by atoms with Crippen molar-refractivity contribution in [1.82, 2.24) is 4.57 Å². The number of hydrogen-bond acceptors (Lipinski definition) is 6. The minimum Gasteiger partial charge on any atom is -0.465 e. The number of thiazole rings is 1. The zero-order valence-corrected chi connectivity index (χ0v) is 20.2. The van der Waals surface area contributed by atoms with Gasteiger partial charge in [-0.1, -0.05) is 53.8 Å². The second-order valence-corrected chi connectivity index (χ2v) is 8.55. The monoisotopic (exact) mass is 488 g/mol. The molecule has 0 atom stereocenters. The number of carbonyl (C=O) groups excluding carboxylic acids is 3. The summed E-state index contributed by atoms with van der Waals surface area (Å²) in [5.41, 5.74) is 3.53. The number of esters is 2. The van der Waals surface area contributed by atoms with Gasteiger partial charge in [-0.25, -0.2) is 4.79 Å². The summed E-state index contributed by atoms with van der Waals surface area (Å²) in [6, 6.07) is 22.1. The number of fused-ring (bicyclic) bond motifs is 1. The van der Waals surface area contributed by atoms with Crippen molar-refractivity contribution in [2.45, 2.75) is 20.4 Å². The molecule has 0 spiro atoms. The molecular formula is C27H24N2O5S. The van der Waals surface area contributed by atoms with Crippen LogP contribution >= 0.6 is 11.3 Å². The predicted octanol–water partition coefficient (Wildman–Crippen LogP) is 4.85. The Balaban J connectivity index is 1.72. The molecule has 8 heteroatoms. The lowest BCUT2D eigenvalue weighted by atomic mass is 10.0. The second kappa shape index (κ2) is 10.9. The van der Waals surface area contributed by atoms with Gasteiger partial charge in [-0.3, -0.25) is 9.59 Å². The average molecular weight is 489 g/mol. The first-order valence-electron chi connectivity index (χ1n) is 11.2. The number of benzene rings is 3. The van der Waals surface area contributed by atoms with Crippen LogP contribution in [0.2, 0.25) is 0 Å². The molecule has 4 rings (SSSR count). The van der Waals surface area contributed by atoms with Crippen molar-refractivity contribution in [2.75, 3.05) is 13.2 Å². The standard InChI is InChI=1S/C27H24N2O5S/c1-3-33-24(30)17-29-22-15-14-21(26(32)34-4-2)16-23(22)35-27(29)28-25(31)20-12-10-19(11-13-20)18-8-6-5-7-9-18/h5-16H,3-4,17H2,1-2H3. The van der Waals surface area contributed by atoms with E-state index >= 15 is 0 Å². The van der Waals surface area contributed by atoms with Gasteiger partial charge in [0.2, 0.25) is 0 Å². The van der Waals surface area contributed by atoms with Crippen molar-refractivity contribution in [3.05, 3.63) is 88.7 Å². The Morgan fingerprint density at radius 1 is 0.829 bits per heavy atom. The summed E-state index contributed by atoms with van der Waals surface area (Å²) in [5, 5.41) is 0. The number of aromatic nitrogens is 1. The number of nitrogens with zero attached hydrogens (tertiary/aromatic N) is 2. The van der Waals surface area contributed by atoms with Crippen molar-refractivity contribution in [3.63, 3.8) is 0 Å². The largest absolute Gasteiger partial charge is 0.465 e. The number of amides is 1. The summed E-state index contributed by atoms with van der Waals surface area (Å²) in [7, 11) is 0. The zero-order chi connectivity index (χ0) is 24.8. The first-order chi connectivity index (χ1) is 17.0. The first kappa shape index (κ1) is 24.1. The Morgan fingerprint density at radius 3 is 2.17 bits per heavy atom. The van der Waals surface area contributed by atoms with Gasteiger partial charge in [0.1, 0.15) is 6.54 Å². The van der Waals surface area contributed by atoms with Gasteiger partial charge in [0, 0.05) is 5.56 Å². The molecule has 0 aliphatic carbocycles. The Kier molecular flexibility index (Phi) is 7.52. The highest BCUT2D eigenvalue weighted by Gasteiger charge is 2.15. The summed E-state index contributed by atoms with van der Waals surface area (Å²) >= 11 is 1.22. The molecule has 0 bridgehead atoms. The van der Waals surface area contributed by atoms with Crippen LogP contribution in [0.25, 0.3) is 21.3 Å². The lowest BCUT2D eigenvalue weighted by Crippen LogP contribution is -2.23. The third kappa shape index (κ3) is 5.55. The third-order valence-electron chi connectivity index (χ3n) is 5.22. The highest BCUT2D eigenvalue weighted by Crippen LogP contribution is 2.22. The molecule has 4 aromatic rings. The van der Waals surface area contributed by atoms with Gasteiger partial charge < -0.3 is 14.0 Å². The Bertz CT molecular complexity index is 1440. The smallest absolute Gasteiger partial charge is 0.338 e. The van der Waals surface area contributed by atoms with Crippen molar-refractivity contribution in [1.29, 1.82) is 0 Å². The highest BCUT2D eigenvalue weighted by atomic mass is 32.1. The van der Waals surface area contributed by atoms with Gasteiger partial charge in [0.15, 0.2) is 4.80 Å². The van der Waals surface area contributed by atoms with Crippen LogP contribution in [0.4, 0.5) is 0 Å². The van der Waals surface area contributed by atoms with E-state index in [1.165, 1.54) is 11.3 Å². The Morgan fingerprint density at radius 2 is 1.49 bits per heavy atom. The van der Waals surface area contributed by atoms with Crippen LogP contribution in [-0.2, 0) is 20.8 Å². The van der Waals surface area contributed by atoms with E-state index in [1.54, 1.807) is 48.7 Å². The van der Waals surface area contributed by atoms with Crippen molar-refractivity contribution in [2.24, 2.45) is 4.99 Å². The van der Waals surface area contributed by atoms with Crippen LogP contribution in [0.3, 0.4) is 0 Å². The summed E-state index contributed by atoms with van der Waals surface area (Å²) in [5.74, 6) is -1.31. The normalized spacial score (nSPS) is 11.4. The van der Waals surface area contributed by atoms with Crippen LogP contribution < -0.4 is 4.80 Å². The molecule has 0 aliphatic heterocycles. The molecule has 0 radical (unpaired) electrons. The van der Waals surface area contributed by atoms with Crippen LogP contribution in [-0.4, -0.2) is 35.6 Å². The SMILES string of the molecule is CCOC(=O)Cn1c(=NC(=O)c2ccc(-c3ccccc3)cc2)sc2cc(C(=O)OCC)ccc21. The van der Waals surface area contributed by atoms with E-state index in [0.29, 0.717) is 26.1 Å². The molecule has 0 saturated carbocycles. The highest BCUT2D eigenvalue weighted by molar-refractivity contribution is 7.16. The molecule has 0 unspecified atom stereocenters. The summed E-state index contributed by atoms with van der Waals surface area (Å²) in [4.78, 5) is 42.1. The maximum atomic E-state index is 13.0. The second-order valence-electron chi connectivity index (χ2n) is 7.54. The molecule has 1 amide bonds. The van der Waals surface area contributed by atoms with E-state index in [4.69, 9.17) is 9.47 Å². The molecule has 0 aliphatic rings. The van der Waals surface area contributed by atoms with Gasteiger partial charge in [0.25, 0.3) is 5.91 Å². The van der Waals surface area contributed by atoms with E-state index < -0.39 is 17.8 Å². The van der Waals surface area contributed by atoms with Gasteiger partial charge >= 0.3 is 11.9 Å². The summed E-state index contributed by atoms with van der Waals surface area (Å²) in [6.07, 6.45) is 0. The van der Waals surface area contributed by atoms with E-state index in [1.807, 2.05) is 42.5 Å². The predicted molar refractivity (Wildman–Crippen MR) is 134 cm³/mol. The number of rotatable bonds is 7. The van der Waals surface area contributed by atoms with Crippen molar-refractivity contribution < 1.29 is 23.9 Å². The number of hydrogen-bond donors (Lipinski definition) is 0. The van der Waals surface area contributed by atoms with Crippen LogP contribution in [0, 0.1) is 0 Å². The molecule has 3 aromatic carbocycles. The van der Waals surface area contributed by atoms with Crippen LogP contribution in [0.15, 0.2) is 77.8 Å². The van der Waals surface area contributed by atoms with E-state index in [9.17, 15) is 14.4 Å². The van der Waals surface area contributed by atoms with E-state index in [2.05, 4.69) is 4.99 Å². The lowest BCUT2D eigenvalue weighted by molar-refractivity contribution is -0.143. The zero-order valence-electron chi connectivity index (χ0n) is 19.4. The maximum absolute atomic E-state index is 13.0. The van der Waals surface area contributed by atoms with Crippen LogP contribution in [0.1, 0.15) is 34.6 Å². The summed E-state index contributed by atoms with van der Waals surface area (Å²) < 4.78 is 12.5. The molecular weight excluding hydrogens is 464 g/mol. The quantitative estimate of drug-likeness (QED) is 0.347. The molecule has 178 valence electrons. The van der Waals surface area contributed by atoms with Gasteiger partial charge in [-0.2, -0.15) is 4.99 Å². The van der Waals surface area contributed by atoms with Gasteiger partial charge in [-0.05, 0) is 55.3 Å². The minimum atomic E-state index is -0.442. The van der Waals surface area contributed by atoms with Gasteiger partial charge in [-0.15, -0.1) is 0 Å². The fraction of sp³-hybridized carbons (Fsp3) is 0.185. The average Bonchev–Trinajstić information content (AvgIpc) is 3.20. The van der Waals surface area contributed by atoms with Gasteiger partial charge in [0.05, 0.1) is 29.0 Å². The van der Waals surface area contributed by atoms with Crippen LogP contribution in [0.5, 0.6) is 0 Å². The van der Waals surface area contributed by atoms with Crippen molar-refractivity contribution >= 4 is 39.4 Å². The fourth-order valence-corrected chi connectivity index (χ4v) is 4.64. The first-order valence-corrected chi connectivity index (χ1v) is 12.0. The minimum absolute atomic E-state index is 0.106.